The van der Waals surface area contributed by atoms with Crippen molar-refractivity contribution in [3.63, 3.8) is 0 Å². The first kappa shape index (κ1) is 12.0. The van der Waals surface area contributed by atoms with E-state index in [1.54, 1.807) is 0 Å². The molecule has 0 aliphatic heterocycles. The highest BCUT2D eigenvalue weighted by Gasteiger charge is 2.22. The van der Waals surface area contributed by atoms with Crippen LogP contribution in [-0.4, -0.2) is 30.4 Å². The van der Waals surface area contributed by atoms with E-state index in [0.717, 1.165) is 12.8 Å². The quantitative estimate of drug-likeness (QED) is 0.556. The summed E-state index contributed by atoms with van der Waals surface area (Å²) < 4.78 is 0. The molecule has 0 saturated heterocycles. The maximum Gasteiger partial charge on any atom is 0.236 e. The van der Waals surface area contributed by atoms with Gasteiger partial charge in [0.1, 0.15) is 0 Å². The zero-order valence-corrected chi connectivity index (χ0v) is 9.08. The van der Waals surface area contributed by atoms with Gasteiger partial charge in [-0.25, -0.2) is 0 Å². The van der Waals surface area contributed by atoms with Gasteiger partial charge in [-0.05, 0) is 19.3 Å². The second kappa shape index (κ2) is 5.70. The summed E-state index contributed by atoms with van der Waals surface area (Å²) in [5.41, 5.74) is 5.51. The molecule has 0 heterocycles. The van der Waals surface area contributed by atoms with E-state index >= 15 is 0 Å². The summed E-state index contributed by atoms with van der Waals surface area (Å²) in [6.07, 6.45) is 3.11. The highest BCUT2D eigenvalue weighted by molar-refractivity contribution is 5.82. The molecular formula is C10H19N3O2. The molecule has 0 radical (unpaired) electrons. The molecule has 0 aromatic heterocycles. The van der Waals surface area contributed by atoms with Crippen LogP contribution in [0.3, 0.4) is 0 Å². The van der Waals surface area contributed by atoms with E-state index in [4.69, 9.17) is 5.73 Å². The van der Waals surface area contributed by atoms with Gasteiger partial charge in [0.25, 0.3) is 0 Å². The van der Waals surface area contributed by atoms with Gasteiger partial charge in [-0.15, -0.1) is 0 Å². The van der Waals surface area contributed by atoms with Crippen LogP contribution in [0.1, 0.15) is 32.6 Å². The number of rotatable bonds is 6. The maximum absolute atomic E-state index is 11.2. The third-order valence-corrected chi connectivity index (χ3v) is 2.37. The summed E-state index contributed by atoms with van der Waals surface area (Å²) in [5, 5.41) is 5.48. The van der Waals surface area contributed by atoms with Crippen molar-refractivity contribution < 1.29 is 9.59 Å². The molecule has 5 heteroatoms. The largest absolute Gasteiger partial charge is 0.354 e. The van der Waals surface area contributed by atoms with Crippen molar-refractivity contribution in [3.8, 4) is 0 Å². The SMILES string of the molecule is CC[C@H](N)C(=O)NCCC(=O)NC1CC1. The van der Waals surface area contributed by atoms with Gasteiger partial charge in [-0.2, -0.15) is 0 Å². The molecule has 0 aromatic rings. The molecule has 2 amide bonds. The first-order chi connectivity index (χ1) is 7.13. The summed E-state index contributed by atoms with van der Waals surface area (Å²) in [4.78, 5) is 22.4. The maximum atomic E-state index is 11.2. The second-order valence-corrected chi connectivity index (χ2v) is 3.90. The van der Waals surface area contributed by atoms with Crippen molar-refractivity contribution in [3.05, 3.63) is 0 Å². The smallest absolute Gasteiger partial charge is 0.236 e. The summed E-state index contributed by atoms with van der Waals surface area (Å²) in [7, 11) is 0. The van der Waals surface area contributed by atoms with E-state index in [-0.39, 0.29) is 11.8 Å². The third kappa shape index (κ3) is 4.78. The number of nitrogens with two attached hydrogens (primary N) is 1. The molecule has 4 N–H and O–H groups in total. The van der Waals surface area contributed by atoms with Crippen LogP contribution in [0.4, 0.5) is 0 Å². The Hall–Kier alpha value is -1.10. The topological polar surface area (TPSA) is 84.2 Å². The molecule has 0 spiro atoms. The Labute approximate surface area is 89.8 Å². The Morgan fingerprint density at radius 1 is 1.47 bits per heavy atom. The van der Waals surface area contributed by atoms with Crippen molar-refractivity contribution in [2.75, 3.05) is 6.54 Å². The number of nitrogens with one attached hydrogen (secondary N) is 2. The average Bonchev–Trinajstić information content (AvgIpc) is 3.00. The first-order valence-corrected chi connectivity index (χ1v) is 5.46. The molecule has 1 atom stereocenters. The van der Waals surface area contributed by atoms with Crippen LogP contribution in [-0.2, 0) is 9.59 Å². The molecular weight excluding hydrogens is 194 g/mol. The molecule has 86 valence electrons. The van der Waals surface area contributed by atoms with Gasteiger partial charge < -0.3 is 16.4 Å². The fourth-order valence-electron chi connectivity index (χ4n) is 1.14. The zero-order chi connectivity index (χ0) is 11.3. The van der Waals surface area contributed by atoms with Gasteiger partial charge in [0.2, 0.25) is 11.8 Å². The standard InChI is InChI=1S/C10H19N3O2/c1-2-8(11)10(15)12-6-5-9(14)13-7-3-4-7/h7-8H,2-6,11H2,1H3,(H,12,15)(H,13,14)/t8-/m0/s1. The summed E-state index contributed by atoms with van der Waals surface area (Å²) in [5.74, 6) is -0.181. The number of hydrogen-bond donors (Lipinski definition) is 3. The molecule has 0 bridgehead atoms. The lowest BCUT2D eigenvalue weighted by Crippen LogP contribution is -2.41. The average molecular weight is 213 g/mol. The second-order valence-electron chi connectivity index (χ2n) is 3.90. The predicted molar refractivity (Wildman–Crippen MR) is 57.1 cm³/mol. The van der Waals surface area contributed by atoms with Crippen LogP contribution in [0.15, 0.2) is 0 Å². The number of hydrogen-bond acceptors (Lipinski definition) is 3. The van der Waals surface area contributed by atoms with E-state index < -0.39 is 6.04 Å². The van der Waals surface area contributed by atoms with Crippen molar-refractivity contribution >= 4 is 11.8 Å². The molecule has 1 aliphatic carbocycles. The summed E-state index contributed by atoms with van der Waals surface area (Å²) in [6, 6.07) is -0.0809. The van der Waals surface area contributed by atoms with Gasteiger partial charge in [0, 0.05) is 19.0 Å². The summed E-state index contributed by atoms with van der Waals surface area (Å²) in [6.45, 7) is 2.22. The lowest BCUT2D eigenvalue weighted by atomic mass is 10.2. The lowest BCUT2D eigenvalue weighted by Gasteiger charge is -2.09. The summed E-state index contributed by atoms with van der Waals surface area (Å²) >= 11 is 0. The van der Waals surface area contributed by atoms with Crippen LogP contribution >= 0.6 is 0 Å². The fraction of sp³-hybridized carbons (Fsp3) is 0.800. The van der Waals surface area contributed by atoms with Gasteiger partial charge in [-0.1, -0.05) is 6.92 Å². The fourth-order valence-corrected chi connectivity index (χ4v) is 1.14. The number of amides is 2. The van der Waals surface area contributed by atoms with E-state index in [9.17, 15) is 9.59 Å². The minimum absolute atomic E-state index is 0.00266. The van der Waals surface area contributed by atoms with E-state index in [2.05, 4.69) is 10.6 Å². The monoisotopic (exact) mass is 213 g/mol. The van der Waals surface area contributed by atoms with E-state index in [1.807, 2.05) is 6.92 Å². The predicted octanol–water partition coefficient (Wildman–Crippen LogP) is -0.491. The molecule has 1 rings (SSSR count). The molecule has 0 unspecified atom stereocenters. The van der Waals surface area contributed by atoms with E-state index in [1.165, 1.54) is 0 Å². The molecule has 5 nitrogen and oxygen atoms in total. The lowest BCUT2D eigenvalue weighted by molar-refractivity contribution is -0.123. The van der Waals surface area contributed by atoms with Crippen LogP contribution in [0.25, 0.3) is 0 Å². The Balaban J connectivity index is 2.04. The van der Waals surface area contributed by atoms with Crippen LogP contribution < -0.4 is 16.4 Å². The molecule has 0 aromatic carbocycles. The molecule has 1 aliphatic rings. The Morgan fingerprint density at radius 2 is 2.13 bits per heavy atom. The number of carbonyl (C=O) groups is 2. The van der Waals surface area contributed by atoms with Crippen LogP contribution in [0.5, 0.6) is 0 Å². The van der Waals surface area contributed by atoms with Crippen LogP contribution in [0.2, 0.25) is 0 Å². The zero-order valence-electron chi connectivity index (χ0n) is 9.08. The first-order valence-electron chi connectivity index (χ1n) is 5.46. The van der Waals surface area contributed by atoms with Crippen molar-refractivity contribution in [1.82, 2.24) is 10.6 Å². The van der Waals surface area contributed by atoms with Crippen LogP contribution in [0, 0.1) is 0 Å². The minimum atomic E-state index is -0.462. The highest BCUT2D eigenvalue weighted by Crippen LogP contribution is 2.18. The van der Waals surface area contributed by atoms with Crippen molar-refractivity contribution in [2.45, 2.75) is 44.7 Å². The Morgan fingerprint density at radius 3 is 2.67 bits per heavy atom. The van der Waals surface area contributed by atoms with Gasteiger partial charge in [-0.3, -0.25) is 9.59 Å². The van der Waals surface area contributed by atoms with Gasteiger partial charge in [0.15, 0.2) is 0 Å². The van der Waals surface area contributed by atoms with Gasteiger partial charge >= 0.3 is 0 Å². The number of carbonyl (C=O) groups excluding carboxylic acids is 2. The molecule has 1 fully saturated rings. The Bertz CT molecular complexity index is 239. The third-order valence-electron chi connectivity index (χ3n) is 2.37. The molecule has 15 heavy (non-hydrogen) atoms. The molecule has 1 saturated carbocycles. The highest BCUT2D eigenvalue weighted by atomic mass is 16.2. The normalized spacial score (nSPS) is 16.9. The van der Waals surface area contributed by atoms with Crippen molar-refractivity contribution in [2.24, 2.45) is 5.73 Å². The van der Waals surface area contributed by atoms with E-state index in [0.29, 0.717) is 25.4 Å². The van der Waals surface area contributed by atoms with Crippen molar-refractivity contribution in [1.29, 1.82) is 0 Å². The van der Waals surface area contributed by atoms with Gasteiger partial charge in [0.05, 0.1) is 6.04 Å². The Kier molecular flexibility index (Phi) is 4.55. The minimum Gasteiger partial charge on any atom is -0.354 e.